The fourth-order valence-corrected chi connectivity index (χ4v) is 1.60. The van der Waals surface area contributed by atoms with Crippen molar-refractivity contribution >= 4 is 17.6 Å². The normalized spacial score (nSPS) is 10.2. The number of carboxylic acid groups (broad SMARTS) is 1. The molecule has 0 saturated heterocycles. The van der Waals surface area contributed by atoms with Crippen molar-refractivity contribution in [2.75, 3.05) is 11.9 Å². The van der Waals surface area contributed by atoms with Gasteiger partial charge in [0.1, 0.15) is 0 Å². The smallest absolute Gasteiger partial charge is 0.374 e. The molecule has 6 nitrogen and oxygen atoms in total. The summed E-state index contributed by atoms with van der Waals surface area (Å²) in [5.41, 5.74) is 1.68. The number of carboxylic acids is 1. The van der Waals surface area contributed by atoms with Crippen molar-refractivity contribution in [1.29, 1.82) is 0 Å². The molecule has 19 heavy (non-hydrogen) atoms. The Morgan fingerprint density at radius 3 is 2.63 bits per heavy atom. The minimum atomic E-state index is -1.26. The molecule has 1 aromatic heterocycles. The van der Waals surface area contributed by atoms with Gasteiger partial charge < -0.3 is 14.5 Å². The second-order valence-electron chi connectivity index (χ2n) is 4.08. The first-order valence-electron chi connectivity index (χ1n) is 5.54. The predicted molar refractivity (Wildman–Crippen MR) is 67.4 cm³/mol. The first-order chi connectivity index (χ1) is 8.99. The van der Waals surface area contributed by atoms with E-state index in [1.807, 2.05) is 25.1 Å². The van der Waals surface area contributed by atoms with E-state index in [1.54, 1.807) is 13.1 Å². The predicted octanol–water partition coefficient (Wildman–Crippen LogP) is 1.96. The minimum absolute atomic E-state index is 0.0404. The maximum Gasteiger partial charge on any atom is 0.374 e. The van der Waals surface area contributed by atoms with Gasteiger partial charge in [-0.1, -0.05) is 17.3 Å². The Hall–Kier alpha value is -2.63. The van der Waals surface area contributed by atoms with Crippen molar-refractivity contribution in [3.8, 4) is 0 Å². The average Bonchev–Trinajstić information content (AvgIpc) is 2.86. The Bertz CT molecular complexity index is 633. The third kappa shape index (κ3) is 2.62. The van der Waals surface area contributed by atoms with Crippen molar-refractivity contribution < 1.29 is 19.2 Å². The highest BCUT2D eigenvalue weighted by molar-refractivity contribution is 6.05. The van der Waals surface area contributed by atoms with E-state index in [9.17, 15) is 9.59 Å². The van der Waals surface area contributed by atoms with Crippen molar-refractivity contribution in [3.63, 3.8) is 0 Å². The molecule has 1 N–H and O–H groups in total. The van der Waals surface area contributed by atoms with Crippen molar-refractivity contribution in [2.24, 2.45) is 0 Å². The first-order valence-corrected chi connectivity index (χ1v) is 5.54. The highest BCUT2D eigenvalue weighted by atomic mass is 16.5. The van der Waals surface area contributed by atoms with Crippen LogP contribution in [0.15, 0.2) is 34.9 Å². The highest BCUT2D eigenvalue weighted by Crippen LogP contribution is 2.17. The van der Waals surface area contributed by atoms with Crippen molar-refractivity contribution in [1.82, 2.24) is 5.16 Å². The van der Waals surface area contributed by atoms with E-state index < -0.39 is 11.9 Å². The van der Waals surface area contributed by atoms with Crippen molar-refractivity contribution in [2.45, 2.75) is 6.92 Å². The van der Waals surface area contributed by atoms with Crippen LogP contribution in [0.1, 0.15) is 26.6 Å². The lowest BCUT2D eigenvalue weighted by Gasteiger charge is -2.16. The lowest BCUT2D eigenvalue weighted by Crippen LogP contribution is -2.26. The summed E-state index contributed by atoms with van der Waals surface area (Å²) in [5, 5.41) is 12.2. The topological polar surface area (TPSA) is 83.6 Å². The minimum Gasteiger partial charge on any atom is -0.475 e. The number of carbonyl (C=O) groups is 2. The van der Waals surface area contributed by atoms with Gasteiger partial charge in [-0.05, 0) is 24.6 Å². The average molecular weight is 260 g/mol. The van der Waals surface area contributed by atoms with E-state index in [-0.39, 0.29) is 11.5 Å². The van der Waals surface area contributed by atoms with Crippen LogP contribution in [-0.2, 0) is 0 Å². The molecule has 2 rings (SSSR count). The second-order valence-corrected chi connectivity index (χ2v) is 4.08. The number of aromatic nitrogens is 1. The number of aromatic carboxylic acids is 1. The molecule has 0 spiro atoms. The van der Waals surface area contributed by atoms with Crippen molar-refractivity contribution in [3.05, 3.63) is 47.3 Å². The summed E-state index contributed by atoms with van der Waals surface area (Å²) in [6.45, 7) is 1.92. The number of nitrogens with zero attached hydrogens (tertiary/aromatic N) is 2. The monoisotopic (exact) mass is 260 g/mol. The van der Waals surface area contributed by atoms with Gasteiger partial charge in [-0.15, -0.1) is 0 Å². The van der Waals surface area contributed by atoms with Crippen LogP contribution in [0, 0.1) is 6.92 Å². The third-order valence-corrected chi connectivity index (χ3v) is 2.63. The summed E-state index contributed by atoms with van der Waals surface area (Å²) < 4.78 is 4.56. The number of carbonyl (C=O) groups excluding carboxylic acids is 1. The van der Waals surface area contributed by atoms with Gasteiger partial charge in [-0.2, -0.15) is 0 Å². The molecule has 0 aliphatic heterocycles. The van der Waals surface area contributed by atoms with Gasteiger partial charge in [-0.25, -0.2) is 4.79 Å². The molecule has 1 aromatic carbocycles. The van der Waals surface area contributed by atoms with Crippen LogP contribution in [0.25, 0.3) is 0 Å². The Morgan fingerprint density at radius 2 is 2.05 bits per heavy atom. The molecule has 1 heterocycles. The van der Waals surface area contributed by atoms with Crippen LogP contribution < -0.4 is 4.90 Å². The SMILES string of the molecule is Cc1cccc(N(C)C(=O)c2cc(C(=O)O)on2)c1. The summed E-state index contributed by atoms with van der Waals surface area (Å²) >= 11 is 0. The molecule has 0 aliphatic rings. The summed E-state index contributed by atoms with van der Waals surface area (Å²) in [6, 6.07) is 8.48. The number of rotatable bonds is 3. The maximum atomic E-state index is 12.1. The van der Waals surface area contributed by atoms with Crippen LogP contribution in [-0.4, -0.2) is 29.2 Å². The Morgan fingerprint density at radius 1 is 1.32 bits per heavy atom. The van der Waals surface area contributed by atoms with Gasteiger partial charge in [0.25, 0.3) is 5.91 Å². The summed E-state index contributed by atoms with van der Waals surface area (Å²) in [7, 11) is 1.59. The number of hydrogen-bond donors (Lipinski definition) is 1. The second kappa shape index (κ2) is 4.93. The van der Waals surface area contributed by atoms with Crippen LogP contribution in [0.2, 0.25) is 0 Å². The Labute approximate surface area is 109 Å². The number of aryl methyl sites for hydroxylation is 1. The lowest BCUT2D eigenvalue weighted by atomic mass is 10.2. The fraction of sp³-hybridized carbons (Fsp3) is 0.154. The molecule has 0 bridgehead atoms. The van der Waals surface area contributed by atoms with E-state index in [0.717, 1.165) is 11.6 Å². The largest absolute Gasteiger partial charge is 0.475 e. The van der Waals surface area contributed by atoms with Crippen LogP contribution in [0.4, 0.5) is 5.69 Å². The Balaban J connectivity index is 2.25. The van der Waals surface area contributed by atoms with E-state index in [1.165, 1.54) is 4.90 Å². The molecule has 1 amide bonds. The van der Waals surface area contributed by atoms with Gasteiger partial charge >= 0.3 is 5.97 Å². The quantitative estimate of drug-likeness (QED) is 0.911. The number of hydrogen-bond acceptors (Lipinski definition) is 4. The fourth-order valence-electron chi connectivity index (χ4n) is 1.60. The molecule has 98 valence electrons. The molecule has 0 radical (unpaired) electrons. The molecular weight excluding hydrogens is 248 g/mol. The maximum absolute atomic E-state index is 12.1. The van der Waals surface area contributed by atoms with E-state index in [0.29, 0.717) is 5.69 Å². The van der Waals surface area contributed by atoms with Crippen LogP contribution >= 0.6 is 0 Å². The number of anilines is 1. The highest BCUT2D eigenvalue weighted by Gasteiger charge is 2.20. The van der Waals surface area contributed by atoms with E-state index >= 15 is 0 Å². The number of amides is 1. The zero-order valence-electron chi connectivity index (χ0n) is 10.5. The molecule has 0 fully saturated rings. The van der Waals surface area contributed by atoms with Crippen LogP contribution in [0.3, 0.4) is 0 Å². The van der Waals surface area contributed by atoms with E-state index in [2.05, 4.69) is 9.68 Å². The molecule has 0 unspecified atom stereocenters. The number of benzene rings is 1. The van der Waals surface area contributed by atoms with Gasteiger partial charge in [0.05, 0.1) is 0 Å². The van der Waals surface area contributed by atoms with Gasteiger partial charge in [0.2, 0.25) is 5.76 Å². The Kier molecular flexibility index (Phi) is 3.33. The molecular formula is C13H12N2O4. The van der Waals surface area contributed by atoms with Gasteiger partial charge in [0.15, 0.2) is 5.69 Å². The molecule has 0 atom stereocenters. The molecule has 2 aromatic rings. The third-order valence-electron chi connectivity index (χ3n) is 2.63. The van der Waals surface area contributed by atoms with Gasteiger partial charge in [-0.3, -0.25) is 4.79 Å². The summed E-state index contributed by atoms with van der Waals surface area (Å²) in [5.74, 6) is -2.05. The van der Waals surface area contributed by atoms with E-state index in [4.69, 9.17) is 5.11 Å². The molecule has 0 saturated carbocycles. The van der Waals surface area contributed by atoms with Gasteiger partial charge in [0, 0.05) is 18.8 Å². The summed E-state index contributed by atoms with van der Waals surface area (Å²) in [6.07, 6.45) is 0. The molecule has 0 aliphatic carbocycles. The summed E-state index contributed by atoms with van der Waals surface area (Å²) in [4.78, 5) is 24.2. The molecule has 6 heteroatoms. The first kappa shape index (κ1) is 12.8. The van der Waals surface area contributed by atoms with Crippen LogP contribution in [0.5, 0.6) is 0 Å². The standard InChI is InChI=1S/C13H12N2O4/c1-8-4-3-5-9(6-8)15(2)12(16)10-7-11(13(17)18)19-14-10/h3-7H,1-2H3,(H,17,18). The lowest BCUT2D eigenvalue weighted by molar-refractivity contribution is 0.0651. The zero-order chi connectivity index (χ0) is 14.0. The zero-order valence-corrected chi connectivity index (χ0v) is 10.5.